The number of rotatable bonds is 5. The third kappa shape index (κ3) is 4.40. The fourth-order valence-corrected chi connectivity index (χ4v) is 4.36. The molecule has 0 radical (unpaired) electrons. The summed E-state index contributed by atoms with van der Waals surface area (Å²) < 4.78 is 46.2. The van der Waals surface area contributed by atoms with Crippen molar-refractivity contribution in [2.45, 2.75) is 24.7 Å². The van der Waals surface area contributed by atoms with Gasteiger partial charge >= 0.3 is 0 Å². The van der Waals surface area contributed by atoms with E-state index in [0.29, 0.717) is 24.8 Å². The molecule has 0 bridgehead atoms. The van der Waals surface area contributed by atoms with Crippen molar-refractivity contribution < 1.29 is 22.3 Å². The Labute approximate surface area is 164 Å². The average molecular weight is 406 g/mol. The van der Waals surface area contributed by atoms with Crippen molar-refractivity contribution in [3.63, 3.8) is 0 Å². The van der Waals surface area contributed by atoms with Gasteiger partial charge in [0, 0.05) is 18.8 Å². The van der Waals surface area contributed by atoms with E-state index >= 15 is 0 Å². The molecule has 1 saturated heterocycles. The zero-order chi connectivity index (χ0) is 20.3. The number of hydrogen-bond donors (Lipinski definition) is 1. The molecule has 2 aromatic rings. The number of sulfonamides is 1. The number of anilines is 1. The lowest BCUT2D eigenvalue weighted by molar-refractivity contribution is 0.0730. The third-order valence-electron chi connectivity index (χ3n) is 4.63. The molecule has 0 aliphatic carbocycles. The summed E-state index contributed by atoms with van der Waals surface area (Å²) in [6.07, 6.45) is 0. The number of morpholine rings is 1. The monoisotopic (exact) mass is 406 g/mol. The van der Waals surface area contributed by atoms with Gasteiger partial charge in [0.1, 0.15) is 5.82 Å². The number of ether oxygens (including phenoxy) is 1. The molecule has 0 unspecified atom stereocenters. The second-order valence-corrected chi connectivity index (χ2v) is 8.83. The minimum absolute atomic E-state index is 0.115. The minimum atomic E-state index is -3.82. The van der Waals surface area contributed by atoms with E-state index in [0.717, 1.165) is 17.7 Å². The van der Waals surface area contributed by atoms with Crippen molar-refractivity contribution in [2.24, 2.45) is 0 Å². The lowest BCUT2D eigenvalue weighted by Gasteiger charge is -2.26. The van der Waals surface area contributed by atoms with Crippen molar-refractivity contribution in [3.8, 4) is 0 Å². The van der Waals surface area contributed by atoms with Crippen LogP contribution in [0.5, 0.6) is 0 Å². The van der Waals surface area contributed by atoms with Gasteiger partial charge in [0.05, 0.1) is 23.7 Å². The first-order chi connectivity index (χ1) is 13.3. The highest BCUT2D eigenvalue weighted by Crippen LogP contribution is 2.22. The van der Waals surface area contributed by atoms with Crippen LogP contribution in [-0.4, -0.2) is 44.9 Å². The van der Waals surface area contributed by atoms with Gasteiger partial charge in [-0.05, 0) is 41.8 Å². The second-order valence-electron chi connectivity index (χ2n) is 6.89. The summed E-state index contributed by atoms with van der Waals surface area (Å²) in [5, 5.41) is 2.62. The van der Waals surface area contributed by atoms with Crippen LogP contribution in [0.25, 0.3) is 0 Å². The Kier molecular flexibility index (Phi) is 6.12. The van der Waals surface area contributed by atoms with Crippen molar-refractivity contribution in [2.75, 3.05) is 31.6 Å². The zero-order valence-electron chi connectivity index (χ0n) is 15.8. The van der Waals surface area contributed by atoms with Crippen LogP contribution in [0.1, 0.15) is 35.7 Å². The van der Waals surface area contributed by atoms with Crippen LogP contribution >= 0.6 is 0 Å². The van der Waals surface area contributed by atoms with Crippen LogP contribution in [0, 0.1) is 5.82 Å². The molecule has 0 atom stereocenters. The first-order valence-electron chi connectivity index (χ1n) is 9.08. The Bertz CT molecular complexity index is 953. The van der Waals surface area contributed by atoms with Gasteiger partial charge < -0.3 is 10.1 Å². The Morgan fingerprint density at radius 1 is 1.11 bits per heavy atom. The zero-order valence-corrected chi connectivity index (χ0v) is 16.6. The maximum Gasteiger partial charge on any atom is 0.258 e. The van der Waals surface area contributed by atoms with E-state index in [4.69, 9.17) is 4.74 Å². The summed E-state index contributed by atoms with van der Waals surface area (Å²) in [5.41, 5.74) is 1.31. The lowest BCUT2D eigenvalue weighted by Crippen LogP contribution is -2.40. The molecule has 0 aromatic heterocycles. The van der Waals surface area contributed by atoms with Gasteiger partial charge in [0.2, 0.25) is 10.0 Å². The molecular weight excluding hydrogens is 383 g/mol. The quantitative estimate of drug-likeness (QED) is 0.827. The minimum Gasteiger partial charge on any atom is -0.379 e. The summed E-state index contributed by atoms with van der Waals surface area (Å²) in [6, 6.07) is 10.5. The SMILES string of the molecule is CC(C)c1ccc(NC(=O)c2cc(S(=O)(=O)N3CCOCC3)ccc2F)cc1. The summed E-state index contributed by atoms with van der Waals surface area (Å²) >= 11 is 0. The van der Waals surface area contributed by atoms with Gasteiger partial charge in [0.15, 0.2) is 0 Å². The molecule has 1 N–H and O–H groups in total. The van der Waals surface area contributed by atoms with Crippen LogP contribution in [-0.2, 0) is 14.8 Å². The van der Waals surface area contributed by atoms with Gasteiger partial charge in [0.25, 0.3) is 5.91 Å². The predicted octanol–water partition coefficient (Wildman–Crippen LogP) is 3.22. The highest BCUT2D eigenvalue weighted by Gasteiger charge is 2.28. The number of nitrogens with zero attached hydrogens (tertiary/aromatic N) is 1. The van der Waals surface area contributed by atoms with Crippen molar-refractivity contribution >= 4 is 21.6 Å². The van der Waals surface area contributed by atoms with Crippen LogP contribution < -0.4 is 5.32 Å². The maximum atomic E-state index is 14.2. The topological polar surface area (TPSA) is 75.7 Å². The Balaban J connectivity index is 1.83. The smallest absolute Gasteiger partial charge is 0.258 e. The summed E-state index contributed by atoms with van der Waals surface area (Å²) in [4.78, 5) is 12.4. The van der Waals surface area contributed by atoms with Crippen LogP contribution in [0.3, 0.4) is 0 Å². The average Bonchev–Trinajstić information content (AvgIpc) is 2.69. The molecule has 3 rings (SSSR count). The number of halogens is 1. The lowest BCUT2D eigenvalue weighted by atomic mass is 10.0. The Morgan fingerprint density at radius 3 is 2.36 bits per heavy atom. The second kappa shape index (κ2) is 8.38. The molecule has 150 valence electrons. The van der Waals surface area contributed by atoms with E-state index in [1.807, 2.05) is 12.1 Å². The predicted molar refractivity (Wildman–Crippen MR) is 104 cm³/mol. The van der Waals surface area contributed by atoms with E-state index in [1.54, 1.807) is 12.1 Å². The third-order valence-corrected chi connectivity index (χ3v) is 6.52. The van der Waals surface area contributed by atoms with Gasteiger partial charge in [-0.1, -0.05) is 26.0 Å². The van der Waals surface area contributed by atoms with Crippen molar-refractivity contribution in [1.82, 2.24) is 4.31 Å². The molecule has 8 heteroatoms. The Hall–Kier alpha value is -2.29. The summed E-state index contributed by atoms with van der Waals surface area (Å²) in [6.45, 7) is 5.18. The fourth-order valence-electron chi connectivity index (χ4n) is 2.92. The van der Waals surface area contributed by atoms with Gasteiger partial charge in [-0.15, -0.1) is 0 Å². The molecule has 1 aliphatic heterocycles. The Morgan fingerprint density at radius 2 is 1.75 bits per heavy atom. The van der Waals surface area contributed by atoms with Crippen molar-refractivity contribution in [1.29, 1.82) is 0 Å². The van der Waals surface area contributed by atoms with Crippen molar-refractivity contribution in [3.05, 3.63) is 59.4 Å². The van der Waals surface area contributed by atoms with Crippen LogP contribution in [0.4, 0.5) is 10.1 Å². The van der Waals surface area contributed by atoms with Gasteiger partial charge in [-0.25, -0.2) is 12.8 Å². The normalized spacial score (nSPS) is 15.6. The number of benzene rings is 2. The number of hydrogen-bond acceptors (Lipinski definition) is 4. The number of carbonyl (C=O) groups is 1. The van der Waals surface area contributed by atoms with Gasteiger partial charge in [-0.2, -0.15) is 4.31 Å². The fraction of sp³-hybridized carbons (Fsp3) is 0.350. The molecule has 28 heavy (non-hydrogen) atoms. The van der Waals surface area contributed by atoms with Crippen LogP contribution in [0.15, 0.2) is 47.4 Å². The molecule has 0 spiro atoms. The number of nitrogens with one attached hydrogen (secondary N) is 1. The largest absolute Gasteiger partial charge is 0.379 e. The van der Waals surface area contributed by atoms with E-state index in [1.165, 1.54) is 10.4 Å². The summed E-state index contributed by atoms with van der Waals surface area (Å²) in [7, 11) is -3.82. The van der Waals surface area contributed by atoms with E-state index < -0.39 is 21.7 Å². The van der Waals surface area contributed by atoms with Crippen LogP contribution in [0.2, 0.25) is 0 Å². The standard InChI is InChI=1S/C20H23FN2O4S/c1-14(2)15-3-5-16(6-4-15)22-20(24)18-13-17(7-8-19(18)21)28(25,26)23-9-11-27-12-10-23/h3-8,13-14H,9-12H2,1-2H3,(H,22,24). The molecular formula is C20H23FN2O4S. The first-order valence-corrected chi connectivity index (χ1v) is 10.5. The molecule has 6 nitrogen and oxygen atoms in total. The summed E-state index contributed by atoms with van der Waals surface area (Å²) in [5.74, 6) is -1.13. The molecule has 0 saturated carbocycles. The number of amides is 1. The van der Waals surface area contributed by atoms with E-state index in [2.05, 4.69) is 19.2 Å². The highest BCUT2D eigenvalue weighted by atomic mass is 32.2. The van der Waals surface area contributed by atoms with E-state index in [9.17, 15) is 17.6 Å². The molecule has 1 heterocycles. The molecule has 2 aromatic carbocycles. The molecule has 1 amide bonds. The highest BCUT2D eigenvalue weighted by molar-refractivity contribution is 7.89. The number of carbonyl (C=O) groups excluding carboxylic acids is 1. The van der Waals surface area contributed by atoms with Gasteiger partial charge in [-0.3, -0.25) is 4.79 Å². The first kappa shape index (κ1) is 20.4. The molecule has 1 fully saturated rings. The molecule has 1 aliphatic rings. The maximum absolute atomic E-state index is 14.2. The van der Waals surface area contributed by atoms with E-state index in [-0.39, 0.29) is 23.5 Å².